The minimum Gasteiger partial charge on any atom is -0.454 e. The van der Waals surface area contributed by atoms with Crippen molar-refractivity contribution in [2.75, 3.05) is 45.4 Å². The highest BCUT2D eigenvalue weighted by Crippen LogP contribution is 2.43. The van der Waals surface area contributed by atoms with Gasteiger partial charge in [0.2, 0.25) is 6.79 Å². The lowest BCUT2D eigenvalue weighted by Crippen LogP contribution is -2.44. The van der Waals surface area contributed by atoms with Crippen LogP contribution in [0.4, 0.5) is 5.82 Å². The summed E-state index contributed by atoms with van der Waals surface area (Å²) >= 11 is 5.11. The molecule has 15 heteroatoms. The van der Waals surface area contributed by atoms with Crippen molar-refractivity contribution in [2.45, 2.75) is 48.9 Å². The van der Waals surface area contributed by atoms with Gasteiger partial charge in [-0.05, 0) is 60.2 Å². The molecule has 0 spiro atoms. The van der Waals surface area contributed by atoms with Gasteiger partial charge in [-0.1, -0.05) is 11.8 Å². The van der Waals surface area contributed by atoms with E-state index in [1.807, 2.05) is 12.1 Å². The number of piperidine rings is 1. The van der Waals surface area contributed by atoms with Crippen molar-refractivity contribution >= 4 is 56.6 Å². The third kappa shape index (κ3) is 6.85. The number of hydrogen-bond donors (Lipinski definition) is 2. The lowest BCUT2D eigenvalue weighted by atomic mass is 9.93. The van der Waals surface area contributed by atoms with E-state index in [2.05, 4.69) is 30.5 Å². The van der Waals surface area contributed by atoms with E-state index in [4.69, 9.17) is 35.4 Å². The van der Waals surface area contributed by atoms with E-state index in [0.717, 1.165) is 33.8 Å². The monoisotopic (exact) mass is 649 g/mol. The van der Waals surface area contributed by atoms with Crippen LogP contribution in [0.25, 0.3) is 11.2 Å². The molecule has 1 fully saturated rings. The molecular formula is C26H32BrN7O6S. The van der Waals surface area contributed by atoms with Gasteiger partial charge in [0, 0.05) is 35.5 Å². The molecule has 0 bridgehead atoms. The molecule has 13 nitrogen and oxygen atoms in total. The van der Waals surface area contributed by atoms with E-state index in [1.165, 1.54) is 18.1 Å². The van der Waals surface area contributed by atoms with Crippen LogP contribution in [0.1, 0.15) is 26.2 Å². The zero-order chi connectivity index (χ0) is 28.9. The number of fused-ring (bicyclic) bond motifs is 2. The van der Waals surface area contributed by atoms with Crippen molar-refractivity contribution in [2.24, 2.45) is 11.7 Å². The molecule has 1 atom stereocenters. The fraction of sp³-hybridized carbons (Fsp3) is 0.500. The summed E-state index contributed by atoms with van der Waals surface area (Å²) < 4.78 is 24.3. The number of aryl methyl sites for hydroxylation is 1. The van der Waals surface area contributed by atoms with E-state index in [9.17, 15) is 9.59 Å². The summed E-state index contributed by atoms with van der Waals surface area (Å²) in [6.45, 7) is 4.00. The first kappa shape index (κ1) is 29.4. The number of nitrogens with zero attached hydrogens (tertiary/aromatic N) is 5. The smallest absolute Gasteiger partial charge is 0.332 e. The Morgan fingerprint density at radius 2 is 1.98 bits per heavy atom. The van der Waals surface area contributed by atoms with Crippen molar-refractivity contribution in [1.82, 2.24) is 24.4 Å². The molecular weight excluding hydrogens is 618 g/mol. The van der Waals surface area contributed by atoms with Gasteiger partial charge in [0.15, 0.2) is 39.7 Å². The molecule has 3 aromatic rings. The maximum Gasteiger partial charge on any atom is 0.332 e. The SMILES string of the molecule is C[C@H](OC(=O)COCCN)C(=O)N1CCC(CCn2c(Sc3cc4c(cc3Br)OCO4)nc3c(N)ncnc32)CC1. The molecule has 5 rings (SSSR count). The first-order chi connectivity index (χ1) is 19.8. The Hall–Kier alpha value is -3.14. The number of benzene rings is 1. The Kier molecular flexibility index (Phi) is 9.47. The second-order valence-electron chi connectivity index (χ2n) is 9.75. The molecule has 41 heavy (non-hydrogen) atoms. The van der Waals surface area contributed by atoms with E-state index in [-0.39, 0.29) is 25.9 Å². The first-order valence-electron chi connectivity index (χ1n) is 13.3. The summed E-state index contributed by atoms with van der Waals surface area (Å²) in [4.78, 5) is 40.8. The van der Waals surface area contributed by atoms with Crippen LogP contribution in [-0.2, 0) is 25.6 Å². The van der Waals surface area contributed by atoms with Crippen molar-refractivity contribution in [3.63, 3.8) is 0 Å². The Labute approximate surface area is 249 Å². The maximum atomic E-state index is 12.8. The summed E-state index contributed by atoms with van der Waals surface area (Å²) in [7, 11) is 0. The summed E-state index contributed by atoms with van der Waals surface area (Å²) in [6, 6.07) is 3.81. The van der Waals surface area contributed by atoms with Gasteiger partial charge < -0.3 is 39.9 Å². The molecule has 2 aliphatic rings. The predicted molar refractivity (Wildman–Crippen MR) is 153 cm³/mol. The molecule has 1 amide bonds. The van der Waals surface area contributed by atoms with E-state index in [0.29, 0.717) is 60.6 Å². The van der Waals surface area contributed by atoms with Crippen LogP contribution in [0.5, 0.6) is 11.5 Å². The number of nitrogens with two attached hydrogens (primary N) is 2. The minimum atomic E-state index is -0.863. The van der Waals surface area contributed by atoms with Crippen LogP contribution in [0.3, 0.4) is 0 Å². The van der Waals surface area contributed by atoms with Crippen molar-refractivity contribution in [1.29, 1.82) is 0 Å². The second-order valence-corrected chi connectivity index (χ2v) is 11.6. The number of ether oxygens (including phenoxy) is 4. The fourth-order valence-electron chi connectivity index (χ4n) is 4.82. The number of halogens is 1. The van der Waals surface area contributed by atoms with Crippen LogP contribution in [0, 0.1) is 5.92 Å². The minimum absolute atomic E-state index is 0.194. The molecule has 0 aliphatic carbocycles. The fourth-order valence-corrected chi connectivity index (χ4v) is 6.33. The predicted octanol–water partition coefficient (Wildman–Crippen LogP) is 2.59. The van der Waals surface area contributed by atoms with Gasteiger partial charge in [-0.25, -0.2) is 19.7 Å². The van der Waals surface area contributed by atoms with Crippen molar-refractivity contribution < 1.29 is 28.5 Å². The third-order valence-corrected chi connectivity index (χ3v) is 8.95. The molecule has 1 aromatic carbocycles. The lowest BCUT2D eigenvalue weighted by Gasteiger charge is -2.33. The highest BCUT2D eigenvalue weighted by Gasteiger charge is 2.29. The number of anilines is 1. The van der Waals surface area contributed by atoms with E-state index >= 15 is 0 Å². The Morgan fingerprint density at radius 3 is 2.73 bits per heavy atom. The standard InChI is InChI=1S/C26H32BrN7O6S/c1-15(40-21(35)12-37-9-5-28)25(36)33-6-2-16(3-7-33)4-8-34-24-22(23(29)30-13-31-24)32-26(34)41-20-11-19-18(10-17(20)27)38-14-39-19/h10-11,13,15-16H,2-9,12,14,28H2,1H3,(H2,29,30,31)/t15-/m0/s1. The van der Waals surface area contributed by atoms with Crippen LogP contribution < -0.4 is 20.9 Å². The quantitative estimate of drug-likeness (QED) is 0.230. The van der Waals surface area contributed by atoms with Crippen LogP contribution >= 0.6 is 27.7 Å². The topological polar surface area (TPSA) is 170 Å². The summed E-state index contributed by atoms with van der Waals surface area (Å²) in [5.74, 6) is 1.33. The molecule has 4 heterocycles. The van der Waals surface area contributed by atoms with Crippen LogP contribution in [0.2, 0.25) is 0 Å². The number of carbonyl (C=O) groups excluding carboxylic acids is 2. The van der Waals surface area contributed by atoms with Crippen LogP contribution in [-0.4, -0.2) is 82.0 Å². The Morgan fingerprint density at radius 1 is 1.22 bits per heavy atom. The van der Waals surface area contributed by atoms with Gasteiger partial charge in [-0.3, -0.25) is 4.79 Å². The van der Waals surface area contributed by atoms with Gasteiger partial charge in [-0.15, -0.1) is 0 Å². The number of carbonyl (C=O) groups is 2. The zero-order valence-corrected chi connectivity index (χ0v) is 25.0. The number of likely N-dealkylation sites (tertiary alicyclic amines) is 1. The Balaban J connectivity index is 1.21. The van der Waals surface area contributed by atoms with Gasteiger partial charge in [0.05, 0.1) is 6.61 Å². The van der Waals surface area contributed by atoms with Crippen molar-refractivity contribution in [3.8, 4) is 11.5 Å². The summed E-state index contributed by atoms with van der Waals surface area (Å²) in [5, 5.41) is 0.741. The van der Waals surface area contributed by atoms with Crippen molar-refractivity contribution in [3.05, 3.63) is 22.9 Å². The first-order valence-corrected chi connectivity index (χ1v) is 14.9. The van der Waals surface area contributed by atoms with Gasteiger partial charge >= 0.3 is 5.97 Å². The van der Waals surface area contributed by atoms with E-state index < -0.39 is 12.1 Å². The number of nitrogen functional groups attached to an aromatic ring is 1. The molecule has 2 aromatic heterocycles. The summed E-state index contributed by atoms with van der Waals surface area (Å²) in [5.41, 5.74) is 12.7. The molecule has 0 saturated carbocycles. The lowest BCUT2D eigenvalue weighted by molar-refractivity contribution is -0.163. The maximum absolute atomic E-state index is 12.8. The molecule has 1 saturated heterocycles. The normalized spacial score (nSPS) is 15.8. The van der Waals surface area contributed by atoms with Gasteiger partial charge in [0.1, 0.15) is 12.9 Å². The van der Waals surface area contributed by atoms with Crippen LogP contribution in [0.15, 0.2) is 33.0 Å². The summed E-state index contributed by atoms with van der Waals surface area (Å²) in [6.07, 6.45) is 3.13. The number of amides is 1. The molecule has 2 aliphatic heterocycles. The molecule has 0 radical (unpaired) electrons. The second kappa shape index (κ2) is 13.2. The number of rotatable bonds is 11. The highest BCUT2D eigenvalue weighted by molar-refractivity contribution is 9.10. The Bertz CT molecular complexity index is 1410. The molecule has 4 N–H and O–H groups in total. The average Bonchev–Trinajstić information content (AvgIpc) is 3.56. The largest absolute Gasteiger partial charge is 0.454 e. The number of imidazole rings is 1. The third-order valence-electron chi connectivity index (χ3n) is 6.98. The molecule has 220 valence electrons. The number of aromatic nitrogens is 4. The van der Waals surface area contributed by atoms with Gasteiger partial charge in [0.25, 0.3) is 5.91 Å². The number of hydrogen-bond acceptors (Lipinski definition) is 12. The number of esters is 1. The van der Waals surface area contributed by atoms with E-state index in [1.54, 1.807) is 11.8 Å². The highest BCUT2D eigenvalue weighted by atomic mass is 79.9. The average molecular weight is 651 g/mol. The van der Waals surface area contributed by atoms with Gasteiger partial charge in [-0.2, -0.15) is 0 Å². The zero-order valence-electron chi connectivity index (χ0n) is 22.6. The molecule has 0 unspecified atom stereocenters.